The first kappa shape index (κ1) is 34.1. The van der Waals surface area contributed by atoms with Crippen LogP contribution in [0.3, 0.4) is 0 Å². The summed E-state index contributed by atoms with van der Waals surface area (Å²) in [5.41, 5.74) is 15.9. The van der Waals surface area contributed by atoms with Gasteiger partial charge in [0, 0.05) is 27.8 Å². The summed E-state index contributed by atoms with van der Waals surface area (Å²) in [6, 6.07) is 54.4. The molecule has 7 aromatic carbocycles. The van der Waals surface area contributed by atoms with Gasteiger partial charge in [0.15, 0.2) is 0 Å². The van der Waals surface area contributed by atoms with E-state index in [0.29, 0.717) is 11.8 Å². The van der Waals surface area contributed by atoms with E-state index in [2.05, 4.69) is 165 Å². The quantitative estimate of drug-likeness (QED) is 0.154. The highest BCUT2D eigenvalue weighted by atomic mass is 15.1. The number of anilines is 3. The number of nitrogens with zero attached hydrogens (tertiary/aromatic N) is 1. The Morgan fingerprint density at radius 1 is 0.500 bits per heavy atom. The van der Waals surface area contributed by atoms with E-state index in [-0.39, 0.29) is 10.8 Å². The zero-order chi connectivity index (χ0) is 37.6. The Kier molecular flexibility index (Phi) is 7.90. The molecule has 0 saturated heterocycles. The van der Waals surface area contributed by atoms with E-state index in [1.54, 1.807) is 16.7 Å². The molecule has 0 aromatic heterocycles. The molecule has 11 rings (SSSR count). The molecule has 0 aliphatic heterocycles. The SMILES string of the molecule is CCC1CC(CC)C2(c3ccccc3-c3c(N(c4ccc5c(c4)C4(CCCC4)c4ccccc4-5)c4ccc5c(ccc6ccccc65)c4)cccc32)C(CC)C1. The molecular weight excluding hydrogens is 675 g/mol. The van der Waals surface area contributed by atoms with Crippen LogP contribution in [0.1, 0.15) is 101 Å². The largest absolute Gasteiger partial charge is 0.310 e. The van der Waals surface area contributed by atoms with Crippen LogP contribution in [0.15, 0.2) is 140 Å². The predicted octanol–water partition coefficient (Wildman–Crippen LogP) is 15.4. The lowest BCUT2D eigenvalue weighted by molar-refractivity contribution is 0.0905. The van der Waals surface area contributed by atoms with Gasteiger partial charge in [0.05, 0.1) is 5.69 Å². The Labute approximate surface area is 333 Å². The molecule has 4 aliphatic carbocycles. The maximum Gasteiger partial charge on any atom is 0.0543 e. The van der Waals surface area contributed by atoms with Crippen LogP contribution in [-0.2, 0) is 10.8 Å². The van der Waals surface area contributed by atoms with Gasteiger partial charge in [0.25, 0.3) is 0 Å². The first-order valence-corrected chi connectivity index (χ1v) is 21.8. The average molecular weight is 728 g/mol. The lowest BCUT2D eigenvalue weighted by atomic mass is 9.52. The van der Waals surface area contributed by atoms with Gasteiger partial charge in [-0.1, -0.05) is 162 Å². The lowest BCUT2D eigenvalue weighted by Gasteiger charge is -2.51. The molecule has 2 saturated carbocycles. The van der Waals surface area contributed by atoms with Crippen LogP contribution in [0.25, 0.3) is 43.8 Å². The van der Waals surface area contributed by atoms with Gasteiger partial charge in [-0.2, -0.15) is 0 Å². The summed E-state index contributed by atoms with van der Waals surface area (Å²) in [4.78, 5) is 2.65. The molecule has 1 nitrogen and oxygen atoms in total. The van der Waals surface area contributed by atoms with Gasteiger partial charge in [-0.15, -0.1) is 0 Å². The average Bonchev–Trinajstić information content (AvgIpc) is 3.94. The number of rotatable bonds is 6. The van der Waals surface area contributed by atoms with E-state index in [9.17, 15) is 0 Å². The van der Waals surface area contributed by atoms with Crippen LogP contribution in [0.2, 0.25) is 0 Å². The van der Waals surface area contributed by atoms with Crippen LogP contribution >= 0.6 is 0 Å². The van der Waals surface area contributed by atoms with Gasteiger partial charge in [-0.25, -0.2) is 0 Å². The Balaban J connectivity index is 1.18. The van der Waals surface area contributed by atoms with Crippen LogP contribution in [0, 0.1) is 17.8 Å². The summed E-state index contributed by atoms with van der Waals surface area (Å²) < 4.78 is 0. The summed E-state index contributed by atoms with van der Waals surface area (Å²) in [5.74, 6) is 2.04. The second-order valence-corrected chi connectivity index (χ2v) is 17.7. The molecule has 0 radical (unpaired) electrons. The lowest BCUT2D eigenvalue weighted by Crippen LogP contribution is -2.47. The van der Waals surface area contributed by atoms with Gasteiger partial charge in [-0.3, -0.25) is 0 Å². The maximum atomic E-state index is 2.65. The molecule has 2 fully saturated rings. The minimum atomic E-state index is 0.0264. The van der Waals surface area contributed by atoms with E-state index in [0.717, 1.165) is 5.92 Å². The summed E-state index contributed by atoms with van der Waals surface area (Å²) in [6.07, 6.45) is 11.4. The number of fused-ring (bicyclic) bond motifs is 13. The third kappa shape index (κ3) is 4.61. The summed E-state index contributed by atoms with van der Waals surface area (Å²) in [5, 5.41) is 5.21. The first-order chi connectivity index (χ1) is 27.6. The monoisotopic (exact) mass is 727 g/mol. The topological polar surface area (TPSA) is 3.24 Å². The fraction of sp³-hybridized carbons (Fsp3) is 0.309. The van der Waals surface area contributed by atoms with Crippen molar-refractivity contribution in [1.29, 1.82) is 0 Å². The van der Waals surface area contributed by atoms with Crippen LogP contribution in [0.5, 0.6) is 0 Å². The molecule has 278 valence electrons. The number of hydrogen-bond donors (Lipinski definition) is 0. The van der Waals surface area contributed by atoms with Gasteiger partial charge in [0.2, 0.25) is 0 Å². The Morgan fingerprint density at radius 3 is 1.91 bits per heavy atom. The Hall–Kier alpha value is -5.14. The highest BCUT2D eigenvalue weighted by Crippen LogP contribution is 2.65. The number of benzene rings is 7. The highest BCUT2D eigenvalue weighted by molar-refractivity contribution is 6.09. The van der Waals surface area contributed by atoms with Crippen LogP contribution in [-0.4, -0.2) is 0 Å². The van der Waals surface area contributed by atoms with Gasteiger partial charge in [-0.05, 0) is 134 Å². The van der Waals surface area contributed by atoms with Crippen molar-refractivity contribution < 1.29 is 0 Å². The van der Waals surface area contributed by atoms with E-state index in [4.69, 9.17) is 0 Å². The second-order valence-electron chi connectivity index (χ2n) is 17.7. The molecule has 7 aromatic rings. The van der Waals surface area contributed by atoms with Crippen molar-refractivity contribution >= 4 is 38.6 Å². The second kappa shape index (κ2) is 13.0. The molecule has 0 bridgehead atoms. The maximum absolute atomic E-state index is 2.65. The van der Waals surface area contributed by atoms with Crippen molar-refractivity contribution in [2.45, 2.75) is 89.4 Å². The normalized spacial score (nSPS) is 22.7. The summed E-state index contributed by atoms with van der Waals surface area (Å²) in [6.45, 7) is 7.36. The molecular formula is C55H53N. The zero-order valence-corrected chi connectivity index (χ0v) is 33.3. The van der Waals surface area contributed by atoms with Crippen molar-refractivity contribution in [1.82, 2.24) is 0 Å². The van der Waals surface area contributed by atoms with Gasteiger partial charge < -0.3 is 4.90 Å². The molecule has 0 amide bonds. The van der Waals surface area contributed by atoms with Crippen LogP contribution < -0.4 is 4.90 Å². The fourth-order valence-electron chi connectivity index (χ4n) is 13.0. The minimum Gasteiger partial charge on any atom is -0.310 e. The third-order valence-electron chi connectivity index (χ3n) is 15.4. The standard InChI is InChI=1S/C55H53N/c1-4-36-32-39(5-2)55(40(6-3)33-36)49-21-12-10-19-47(49)53-50(55)22-15-23-52(53)56(41-26-28-44-38(34-41)25-24-37-16-7-8-17-43(37)44)42-27-29-46-45-18-9-11-20-48(45)54(51(46)35-42)30-13-14-31-54/h7-12,15-29,34-36,39-40H,4-6,13-14,30-33H2,1-3H3. The van der Waals surface area contributed by atoms with E-state index >= 15 is 0 Å². The summed E-state index contributed by atoms with van der Waals surface area (Å²) in [7, 11) is 0. The van der Waals surface area contributed by atoms with Gasteiger partial charge in [0.1, 0.15) is 0 Å². The molecule has 2 atom stereocenters. The van der Waals surface area contributed by atoms with E-state index in [1.807, 2.05) is 0 Å². The third-order valence-corrected chi connectivity index (χ3v) is 15.4. The molecule has 0 N–H and O–H groups in total. The fourth-order valence-corrected chi connectivity index (χ4v) is 13.0. The molecule has 0 heterocycles. The summed E-state index contributed by atoms with van der Waals surface area (Å²) >= 11 is 0. The number of hydrogen-bond acceptors (Lipinski definition) is 1. The van der Waals surface area contributed by atoms with Crippen molar-refractivity contribution in [2.24, 2.45) is 17.8 Å². The Morgan fingerprint density at radius 2 is 1.12 bits per heavy atom. The molecule has 4 aliphatic rings. The smallest absolute Gasteiger partial charge is 0.0543 e. The predicted molar refractivity (Wildman–Crippen MR) is 238 cm³/mol. The van der Waals surface area contributed by atoms with Crippen molar-refractivity contribution in [2.75, 3.05) is 4.90 Å². The van der Waals surface area contributed by atoms with Crippen LogP contribution in [0.4, 0.5) is 17.1 Å². The molecule has 2 spiro atoms. The molecule has 2 unspecified atom stereocenters. The van der Waals surface area contributed by atoms with Gasteiger partial charge >= 0.3 is 0 Å². The Bertz CT molecular complexity index is 2640. The zero-order valence-electron chi connectivity index (χ0n) is 33.3. The van der Waals surface area contributed by atoms with E-state index < -0.39 is 0 Å². The molecule has 1 heteroatoms. The highest BCUT2D eigenvalue weighted by Gasteiger charge is 2.56. The van der Waals surface area contributed by atoms with Crippen molar-refractivity contribution in [3.63, 3.8) is 0 Å². The minimum absolute atomic E-state index is 0.0264. The molecule has 56 heavy (non-hydrogen) atoms. The first-order valence-electron chi connectivity index (χ1n) is 21.8. The van der Waals surface area contributed by atoms with Crippen molar-refractivity contribution in [3.8, 4) is 22.3 Å². The van der Waals surface area contributed by atoms with Crippen molar-refractivity contribution in [3.05, 3.63) is 162 Å². The van der Waals surface area contributed by atoms with E-state index in [1.165, 1.54) is 124 Å².